The first-order valence-electron chi connectivity index (χ1n) is 5.99. The molecule has 0 amide bonds. The van der Waals surface area contributed by atoms with Crippen molar-refractivity contribution in [2.24, 2.45) is 11.8 Å². The summed E-state index contributed by atoms with van der Waals surface area (Å²) in [6.45, 7) is 5.95. The summed E-state index contributed by atoms with van der Waals surface area (Å²) >= 11 is 0. The molecule has 1 heterocycles. The smallest absolute Gasteiger partial charge is 0.212 e. The summed E-state index contributed by atoms with van der Waals surface area (Å²) in [5.74, 6) is 1.28. The van der Waals surface area contributed by atoms with E-state index in [2.05, 4.69) is 13.8 Å². The summed E-state index contributed by atoms with van der Waals surface area (Å²) in [7, 11) is -2.90. The van der Waals surface area contributed by atoms with Crippen LogP contribution in [0.1, 0.15) is 39.5 Å². The molecule has 2 fully saturated rings. The summed E-state index contributed by atoms with van der Waals surface area (Å²) < 4.78 is 25.6. The van der Waals surface area contributed by atoms with E-state index in [4.69, 9.17) is 0 Å². The van der Waals surface area contributed by atoms with E-state index in [0.717, 1.165) is 38.8 Å². The van der Waals surface area contributed by atoms with Gasteiger partial charge < -0.3 is 0 Å². The Hall–Kier alpha value is -0.0900. The molecular weight excluding hydrogens is 210 g/mol. The number of nitrogens with zero attached hydrogens (tertiary/aromatic N) is 1. The summed E-state index contributed by atoms with van der Waals surface area (Å²) in [5.41, 5.74) is 0. The van der Waals surface area contributed by atoms with Crippen LogP contribution >= 0.6 is 0 Å². The van der Waals surface area contributed by atoms with Crippen molar-refractivity contribution in [2.45, 2.75) is 44.8 Å². The molecular formula is C11H21NO2S. The van der Waals surface area contributed by atoms with Gasteiger partial charge in [0.05, 0.1) is 5.25 Å². The normalized spacial score (nSPS) is 28.9. The van der Waals surface area contributed by atoms with Gasteiger partial charge in [-0.15, -0.1) is 0 Å². The SMILES string of the molecule is CC(C)CC1CCN(S(=O)(=O)C2CC2)C1. The Morgan fingerprint density at radius 2 is 1.93 bits per heavy atom. The van der Waals surface area contributed by atoms with Crippen molar-refractivity contribution in [3.63, 3.8) is 0 Å². The van der Waals surface area contributed by atoms with Gasteiger partial charge in [-0.2, -0.15) is 0 Å². The molecule has 1 saturated carbocycles. The van der Waals surface area contributed by atoms with E-state index in [1.165, 1.54) is 0 Å². The fourth-order valence-electron chi connectivity index (χ4n) is 2.46. The lowest BCUT2D eigenvalue weighted by atomic mass is 9.97. The van der Waals surface area contributed by atoms with Gasteiger partial charge in [-0.25, -0.2) is 12.7 Å². The maximum absolute atomic E-state index is 12.0. The van der Waals surface area contributed by atoms with Crippen LogP contribution in [0.15, 0.2) is 0 Å². The van der Waals surface area contributed by atoms with Gasteiger partial charge in [-0.05, 0) is 37.5 Å². The number of hydrogen-bond acceptors (Lipinski definition) is 2. The van der Waals surface area contributed by atoms with Gasteiger partial charge in [0.2, 0.25) is 10.0 Å². The van der Waals surface area contributed by atoms with Crippen LogP contribution in [0.4, 0.5) is 0 Å². The first kappa shape index (κ1) is 11.4. The van der Waals surface area contributed by atoms with E-state index in [9.17, 15) is 8.42 Å². The highest BCUT2D eigenvalue weighted by Gasteiger charge is 2.42. The molecule has 1 aliphatic heterocycles. The lowest BCUT2D eigenvalue weighted by Gasteiger charge is -2.16. The van der Waals surface area contributed by atoms with Crippen LogP contribution in [-0.4, -0.2) is 31.1 Å². The first-order chi connectivity index (χ1) is 7.00. The second-order valence-electron chi connectivity index (χ2n) is 5.39. The molecule has 0 aromatic heterocycles. The van der Waals surface area contributed by atoms with E-state index in [1.807, 2.05) is 0 Å². The van der Waals surface area contributed by atoms with Gasteiger partial charge >= 0.3 is 0 Å². The summed E-state index contributed by atoms with van der Waals surface area (Å²) in [5, 5.41) is -0.0321. The lowest BCUT2D eigenvalue weighted by Crippen LogP contribution is -2.31. The van der Waals surface area contributed by atoms with Crippen LogP contribution in [-0.2, 0) is 10.0 Å². The van der Waals surface area contributed by atoms with E-state index in [0.29, 0.717) is 11.8 Å². The largest absolute Gasteiger partial charge is 0.216 e. The van der Waals surface area contributed by atoms with Gasteiger partial charge in [0.1, 0.15) is 0 Å². The Bertz CT molecular complexity index is 319. The second kappa shape index (κ2) is 4.06. The third-order valence-corrected chi connectivity index (χ3v) is 5.72. The minimum Gasteiger partial charge on any atom is -0.212 e. The molecule has 0 N–H and O–H groups in total. The number of sulfonamides is 1. The average Bonchev–Trinajstić information content (AvgIpc) is 2.88. The maximum Gasteiger partial charge on any atom is 0.216 e. The molecule has 2 rings (SSSR count). The van der Waals surface area contributed by atoms with E-state index >= 15 is 0 Å². The highest BCUT2D eigenvalue weighted by Crippen LogP contribution is 2.34. The predicted molar refractivity (Wildman–Crippen MR) is 61.1 cm³/mol. The number of rotatable bonds is 4. The monoisotopic (exact) mass is 231 g/mol. The van der Waals surface area contributed by atoms with Gasteiger partial charge in [0.15, 0.2) is 0 Å². The van der Waals surface area contributed by atoms with Crippen LogP contribution in [0.3, 0.4) is 0 Å². The average molecular weight is 231 g/mol. The molecule has 0 spiro atoms. The van der Waals surface area contributed by atoms with Gasteiger partial charge in [-0.1, -0.05) is 13.8 Å². The molecule has 1 saturated heterocycles. The third kappa shape index (κ3) is 2.53. The summed E-state index contributed by atoms with van der Waals surface area (Å²) in [6, 6.07) is 0. The fraction of sp³-hybridized carbons (Fsp3) is 1.00. The highest BCUT2D eigenvalue weighted by molar-refractivity contribution is 7.90. The van der Waals surface area contributed by atoms with Crippen molar-refractivity contribution in [3.8, 4) is 0 Å². The van der Waals surface area contributed by atoms with Crippen molar-refractivity contribution < 1.29 is 8.42 Å². The summed E-state index contributed by atoms with van der Waals surface area (Å²) in [4.78, 5) is 0. The minimum absolute atomic E-state index is 0.0321. The van der Waals surface area contributed by atoms with Crippen LogP contribution in [0.2, 0.25) is 0 Å². The Kier molecular flexibility index (Phi) is 3.08. The Labute approximate surface area is 92.9 Å². The van der Waals surface area contributed by atoms with Crippen LogP contribution in [0.25, 0.3) is 0 Å². The second-order valence-corrected chi connectivity index (χ2v) is 7.60. The molecule has 1 atom stereocenters. The van der Waals surface area contributed by atoms with E-state index < -0.39 is 10.0 Å². The molecule has 15 heavy (non-hydrogen) atoms. The standard InChI is InChI=1S/C11H21NO2S/c1-9(2)7-10-5-6-12(8-10)15(13,14)11-3-4-11/h9-11H,3-8H2,1-2H3. The quantitative estimate of drug-likeness (QED) is 0.740. The molecule has 1 unspecified atom stereocenters. The van der Waals surface area contributed by atoms with Crippen molar-refractivity contribution in [3.05, 3.63) is 0 Å². The summed E-state index contributed by atoms with van der Waals surface area (Å²) in [6.07, 6.45) is 3.99. The Morgan fingerprint density at radius 3 is 2.47 bits per heavy atom. The Morgan fingerprint density at radius 1 is 1.27 bits per heavy atom. The molecule has 2 aliphatic rings. The molecule has 0 aromatic rings. The third-order valence-electron chi connectivity index (χ3n) is 3.36. The van der Waals surface area contributed by atoms with Crippen molar-refractivity contribution in [1.29, 1.82) is 0 Å². The van der Waals surface area contributed by atoms with Crippen LogP contribution < -0.4 is 0 Å². The fourth-order valence-corrected chi connectivity index (χ4v) is 4.40. The van der Waals surface area contributed by atoms with E-state index in [1.54, 1.807) is 4.31 Å². The molecule has 4 heteroatoms. The molecule has 0 radical (unpaired) electrons. The van der Waals surface area contributed by atoms with Gasteiger partial charge in [0.25, 0.3) is 0 Å². The van der Waals surface area contributed by atoms with Crippen molar-refractivity contribution in [1.82, 2.24) is 4.31 Å². The van der Waals surface area contributed by atoms with Crippen LogP contribution in [0.5, 0.6) is 0 Å². The molecule has 0 aromatic carbocycles. The zero-order chi connectivity index (χ0) is 11.1. The molecule has 88 valence electrons. The highest BCUT2D eigenvalue weighted by atomic mass is 32.2. The van der Waals surface area contributed by atoms with E-state index in [-0.39, 0.29) is 5.25 Å². The molecule has 0 bridgehead atoms. The topological polar surface area (TPSA) is 37.4 Å². The zero-order valence-corrected chi connectivity index (χ0v) is 10.5. The molecule has 3 nitrogen and oxygen atoms in total. The van der Waals surface area contributed by atoms with Crippen molar-refractivity contribution >= 4 is 10.0 Å². The van der Waals surface area contributed by atoms with Crippen LogP contribution in [0, 0.1) is 11.8 Å². The minimum atomic E-state index is -2.90. The maximum atomic E-state index is 12.0. The Balaban J connectivity index is 1.92. The van der Waals surface area contributed by atoms with Crippen molar-refractivity contribution in [2.75, 3.05) is 13.1 Å². The van der Waals surface area contributed by atoms with Gasteiger partial charge in [-0.3, -0.25) is 0 Å². The first-order valence-corrected chi connectivity index (χ1v) is 7.49. The number of hydrogen-bond donors (Lipinski definition) is 0. The zero-order valence-electron chi connectivity index (χ0n) is 9.65. The van der Waals surface area contributed by atoms with Gasteiger partial charge in [0, 0.05) is 13.1 Å². The predicted octanol–water partition coefficient (Wildman–Crippen LogP) is 1.85. The lowest BCUT2D eigenvalue weighted by molar-refractivity contribution is 0.406. The molecule has 1 aliphatic carbocycles.